The molecule has 3 nitrogen and oxygen atoms in total. The van der Waals surface area contributed by atoms with Crippen LogP contribution >= 0.6 is 17.0 Å². The number of hydrogen-bond acceptors (Lipinski definition) is 3. The minimum Gasteiger partial charge on any atom is -0.504 e. The van der Waals surface area contributed by atoms with E-state index in [-0.39, 0.29) is 28.5 Å². The van der Waals surface area contributed by atoms with Gasteiger partial charge in [0, 0.05) is 24.1 Å². The van der Waals surface area contributed by atoms with E-state index in [1.807, 2.05) is 6.07 Å². The summed E-state index contributed by atoms with van der Waals surface area (Å²) < 4.78 is 0. The first-order valence-corrected chi connectivity index (χ1v) is 8.55. The van der Waals surface area contributed by atoms with Crippen molar-refractivity contribution in [2.45, 2.75) is 37.6 Å². The van der Waals surface area contributed by atoms with Crippen LogP contribution in [0.15, 0.2) is 42.5 Å². The highest BCUT2D eigenvalue weighted by molar-refractivity contribution is 8.93. The van der Waals surface area contributed by atoms with Gasteiger partial charge in [0.15, 0.2) is 11.5 Å². The van der Waals surface area contributed by atoms with Crippen molar-refractivity contribution in [2.75, 3.05) is 13.1 Å². The van der Waals surface area contributed by atoms with Crippen LogP contribution in [0.1, 0.15) is 35.4 Å². The number of phenolic OH excluding ortho intramolecular Hbond substituents is 2. The van der Waals surface area contributed by atoms with Crippen molar-refractivity contribution in [1.82, 2.24) is 4.90 Å². The zero-order chi connectivity index (χ0) is 15.8. The zero-order valence-electron chi connectivity index (χ0n) is 13.7. The van der Waals surface area contributed by atoms with Gasteiger partial charge in [-0.2, -0.15) is 0 Å². The van der Waals surface area contributed by atoms with Gasteiger partial charge in [0.2, 0.25) is 0 Å². The molecule has 2 aliphatic rings. The molecule has 0 aromatic heterocycles. The molecule has 1 aliphatic heterocycles. The number of benzene rings is 2. The number of aromatic hydroxyl groups is 2. The summed E-state index contributed by atoms with van der Waals surface area (Å²) in [6, 6.07) is 14.9. The van der Waals surface area contributed by atoms with E-state index < -0.39 is 0 Å². The molecule has 4 heteroatoms. The number of nitrogens with zero attached hydrogens (tertiary/aromatic N) is 1. The van der Waals surface area contributed by atoms with Crippen molar-refractivity contribution in [1.29, 1.82) is 0 Å². The van der Waals surface area contributed by atoms with Crippen molar-refractivity contribution in [2.24, 2.45) is 0 Å². The number of halogens is 1. The Bertz CT molecular complexity index is 704. The molecule has 0 spiro atoms. The maximum absolute atomic E-state index is 10.1. The molecule has 4 rings (SSSR count). The first-order valence-electron chi connectivity index (χ1n) is 8.55. The van der Waals surface area contributed by atoms with Crippen LogP contribution in [0.25, 0.3) is 0 Å². The smallest absolute Gasteiger partial charge is 0.160 e. The standard InChI is InChI=1S/C20H23NO2.BrH/c22-19-9-7-15-16-11-13-21(12-10-14-4-2-1-3-5-14)18(16)8-6-17(15)20(19)23;/h1-5,7,9,16,18,22-23H,6,8,10-13H2;1H/t16-,18+;/m0./s1. The predicted molar refractivity (Wildman–Crippen MR) is 101 cm³/mol. The van der Waals surface area contributed by atoms with Crippen molar-refractivity contribution >= 4 is 17.0 Å². The summed E-state index contributed by atoms with van der Waals surface area (Å²) in [6.07, 6.45) is 4.18. The monoisotopic (exact) mass is 389 g/mol. The quantitative estimate of drug-likeness (QED) is 0.778. The van der Waals surface area contributed by atoms with Gasteiger partial charge in [-0.15, -0.1) is 17.0 Å². The van der Waals surface area contributed by atoms with Gasteiger partial charge in [0.05, 0.1) is 0 Å². The normalized spacial score (nSPS) is 22.5. The van der Waals surface area contributed by atoms with Crippen LogP contribution in [0.4, 0.5) is 0 Å². The Kier molecular flexibility index (Phi) is 5.16. The van der Waals surface area contributed by atoms with E-state index in [9.17, 15) is 10.2 Å². The number of likely N-dealkylation sites (tertiary alicyclic amines) is 1. The second-order valence-electron chi connectivity index (χ2n) is 6.77. The lowest BCUT2D eigenvalue weighted by Crippen LogP contribution is -2.36. The van der Waals surface area contributed by atoms with E-state index in [2.05, 4.69) is 35.2 Å². The zero-order valence-corrected chi connectivity index (χ0v) is 15.4. The molecule has 0 amide bonds. The average molecular weight is 390 g/mol. The molecule has 0 unspecified atom stereocenters. The second-order valence-corrected chi connectivity index (χ2v) is 6.77. The van der Waals surface area contributed by atoms with E-state index in [4.69, 9.17) is 0 Å². The SMILES string of the molecule is Br.Oc1ccc2c(c1O)CC[C@@H]1[C@H]2CCN1CCc1ccccc1. The molecular formula is C20H24BrNO2. The van der Waals surface area contributed by atoms with E-state index in [0.717, 1.165) is 44.3 Å². The summed E-state index contributed by atoms with van der Waals surface area (Å²) in [6.45, 7) is 2.23. The fraction of sp³-hybridized carbons (Fsp3) is 0.400. The number of phenols is 2. The first-order chi connectivity index (χ1) is 11.2. The molecule has 2 N–H and O–H groups in total. The summed E-state index contributed by atoms with van der Waals surface area (Å²) >= 11 is 0. The minimum absolute atomic E-state index is 0. The van der Waals surface area contributed by atoms with Gasteiger partial charge >= 0.3 is 0 Å². The van der Waals surface area contributed by atoms with Gasteiger partial charge in [-0.05, 0) is 49.4 Å². The molecule has 1 fully saturated rings. The Hall–Kier alpha value is -1.52. The second kappa shape index (κ2) is 7.16. The van der Waals surface area contributed by atoms with Gasteiger partial charge in [0.25, 0.3) is 0 Å². The van der Waals surface area contributed by atoms with Crippen molar-refractivity contribution in [3.63, 3.8) is 0 Å². The average Bonchev–Trinajstić information content (AvgIpc) is 3.00. The predicted octanol–water partition coefficient (Wildman–Crippen LogP) is 4.02. The van der Waals surface area contributed by atoms with Crippen LogP contribution in [0.2, 0.25) is 0 Å². The first kappa shape index (κ1) is 17.3. The van der Waals surface area contributed by atoms with Crippen LogP contribution in [0.3, 0.4) is 0 Å². The molecule has 2 atom stereocenters. The third-order valence-electron chi connectivity index (χ3n) is 5.58. The highest BCUT2D eigenvalue weighted by atomic mass is 79.9. The van der Waals surface area contributed by atoms with Crippen LogP contribution in [-0.2, 0) is 12.8 Å². The molecule has 128 valence electrons. The lowest BCUT2D eigenvalue weighted by molar-refractivity contribution is 0.228. The topological polar surface area (TPSA) is 43.7 Å². The molecule has 0 saturated carbocycles. The highest BCUT2D eigenvalue weighted by Crippen LogP contribution is 2.46. The molecule has 0 radical (unpaired) electrons. The molecule has 2 aromatic carbocycles. The molecule has 0 bridgehead atoms. The van der Waals surface area contributed by atoms with E-state index >= 15 is 0 Å². The van der Waals surface area contributed by atoms with Crippen LogP contribution in [0, 0.1) is 0 Å². The van der Waals surface area contributed by atoms with Crippen LogP contribution < -0.4 is 0 Å². The van der Waals surface area contributed by atoms with Crippen molar-refractivity contribution < 1.29 is 10.2 Å². The van der Waals surface area contributed by atoms with E-state index in [1.165, 1.54) is 11.1 Å². The molecule has 1 heterocycles. The van der Waals surface area contributed by atoms with E-state index in [0.29, 0.717) is 12.0 Å². The summed E-state index contributed by atoms with van der Waals surface area (Å²) in [7, 11) is 0. The largest absolute Gasteiger partial charge is 0.504 e. The Morgan fingerprint density at radius 2 is 1.79 bits per heavy atom. The lowest BCUT2D eigenvalue weighted by atomic mass is 9.79. The third-order valence-corrected chi connectivity index (χ3v) is 5.58. The van der Waals surface area contributed by atoms with Crippen molar-refractivity contribution in [3.05, 3.63) is 59.2 Å². The fourth-order valence-corrected chi connectivity index (χ4v) is 4.40. The fourth-order valence-electron chi connectivity index (χ4n) is 4.40. The maximum atomic E-state index is 10.1. The summed E-state index contributed by atoms with van der Waals surface area (Å²) in [5.74, 6) is 0.617. The molecule has 2 aromatic rings. The summed E-state index contributed by atoms with van der Waals surface area (Å²) in [5, 5.41) is 19.8. The molecular weight excluding hydrogens is 366 g/mol. The Morgan fingerprint density at radius 1 is 1.00 bits per heavy atom. The highest BCUT2D eigenvalue weighted by Gasteiger charge is 2.39. The molecule has 24 heavy (non-hydrogen) atoms. The van der Waals surface area contributed by atoms with Gasteiger partial charge in [-0.1, -0.05) is 36.4 Å². The van der Waals surface area contributed by atoms with Crippen molar-refractivity contribution in [3.8, 4) is 11.5 Å². The summed E-state index contributed by atoms with van der Waals surface area (Å²) in [4.78, 5) is 2.62. The summed E-state index contributed by atoms with van der Waals surface area (Å²) in [5.41, 5.74) is 3.62. The number of rotatable bonds is 3. The Morgan fingerprint density at radius 3 is 2.58 bits per heavy atom. The Balaban J connectivity index is 0.00000169. The van der Waals surface area contributed by atoms with Crippen LogP contribution in [0.5, 0.6) is 11.5 Å². The third kappa shape index (κ3) is 3.05. The van der Waals surface area contributed by atoms with Gasteiger partial charge in [-0.3, -0.25) is 4.90 Å². The Labute approximate surface area is 153 Å². The number of fused-ring (bicyclic) bond motifs is 3. The van der Waals surface area contributed by atoms with E-state index in [1.54, 1.807) is 6.07 Å². The van der Waals surface area contributed by atoms with Gasteiger partial charge in [0.1, 0.15) is 0 Å². The number of hydrogen-bond donors (Lipinski definition) is 2. The van der Waals surface area contributed by atoms with Gasteiger partial charge in [-0.25, -0.2) is 0 Å². The van der Waals surface area contributed by atoms with Crippen LogP contribution in [-0.4, -0.2) is 34.2 Å². The lowest BCUT2D eigenvalue weighted by Gasteiger charge is -2.33. The molecule has 1 aliphatic carbocycles. The molecule has 1 saturated heterocycles. The maximum Gasteiger partial charge on any atom is 0.160 e. The van der Waals surface area contributed by atoms with Gasteiger partial charge < -0.3 is 10.2 Å². The minimum atomic E-state index is 0.